The lowest BCUT2D eigenvalue weighted by Crippen LogP contribution is -2.28. The number of anilines is 2. The van der Waals surface area contributed by atoms with Gasteiger partial charge in [0.25, 0.3) is 0 Å². The summed E-state index contributed by atoms with van der Waals surface area (Å²) in [6.45, 7) is 2.46. The van der Waals surface area contributed by atoms with E-state index in [0.717, 1.165) is 12.8 Å². The highest BCUT2D eigenvalue weighted by atomic mass is 32.2. The number of amides is 1. The molecule has 2 aromatic rings. The van der Waals surface area contributed by atoms with Crippen LogP contribution in [0.15, 0.2) is 53.4 Å². The summed E-state index contributed by atoms with van der Waals surface area (Å²) in [5.74, 6) is -0.467. The van der Waals surface area contributed by atoms with E-state index in [-0.39, 0.29) is 23.1 Å². The van der Waals surface area contributed by atoms with Gasteiger partial charge >= 0.3 is 0 Å². The Morgan fingerprint density at radius 2 is 1.75 bits per heavy atom. The van der Waals surface area contributed by atoms with E-state index in [4.69, 9.17) is 0 Å². The topological polar surface area (TPSA) is 95.6 Å². The van der Waals surface area contributed by atoms with Gasteiger partial charge in [-0.1, -0.05) is 18.2 Å². The minimum absolute atomic E-state index is 0.0561. The molecular formula is C20H23N3O4S. The average Bonchev–Trinajstić information content (AvgIpc) is 3.22. The Labute approximate surface area is 164 Å². The third-order valence-electron chi connectivity index (χ3n) is 4.57. The van der Waals surface area contributed by atoms with Gasteiger partial charge in [-0.25, -0.2) is 8.42 Å². The lowest BCUT2D eigenvalue weighted by atomic mass is 10.1. The van der Waals surface area contributed by atoms with Crippen molar-refractivity contribution in [3.05, 3.63) is 54.1 Å². The summed E-state index contributed by atoms with van der Waals surface area (Å²) in [7, 11) is -3.51. The third-order valence-corrected chi connectivity index (χ3v) is 6.46. The first kappa shape index (κ1) is 20.0. The Bertz CT molecular complexity index is 982. The molecule has 8 heteroatoms. The molecule has 2 N–H and O–H groups in total. The number of hydrogen-bond donors (Lipinski definition) is 2. The summed E-state index contributed by atoms with van der Waals surface area (Å²) in [5.41, 5.74) is 1.43. The number of Topliss-reactive ketones (excluding diaryl/α,β-unsaturated/α-hetero) is 1. The standard InChI is InChI=1S/C20H23N3O4S/c1-15(24)18-9-2-3-10-19(18)22-20(25)14-21-16-7-6-8-17(13-16)28(26,27)23-11-4-5-12-23/h2-3,6-10,13,21H,4-5,11-12,14H2,1H3,(H,22,25). The smallest absolute Gasteiger partial charge is 0.243 e. The van der Waals surface area contributed by atoms with Gasteiger partial charge < -0.3 is 10.6 Å². The van der Waals surface area contributed by atoms with Gasteiger partial charge in [0.2, 0.25) is 15.9 Å². The molecule has 0 bridgehead atoms. The number of para-hydroxylation sites is 1. The van der Waals surface area contributed by atoms with Gasteiger partial charge in [0.15, 0.2) is 5.78 Å². The van der Waals surface area contributed by atoms with Gasteiger partial charge in [0.1, 0.15) is 0 Å². The van der Waals surface area contributed by atoms with E-state index in [2.05, 4.69) is 10.6 Å². The minimum Gasteiger partial charge on any atom is -0.376 e. The van der Waals surface area contributed by atoms with Crippen LogP contribution in [-0.2, 0) is 14.8 Å². The number of nitrogens with one attached hydrogen (secondary N) is 2. The van der Waals surface area contributed by atoms with Crippen LogP contribution in [0.1, 0.15) is 30.1 Å². The van der Waals surface area contributed by atoms with Crippen LogP contribution < -0.4 is 10.6 Å². The molecule has 28 heavy (non-hydrogen) atoms. The van der Waals surface area contributed by atoms with E-state index >= 15 is 0 Å². The number of sulfonamides is 1. The molecule has 2 aromatic carbocycles. The molecule has 0 saturated carbocycles. The zero-order valence-electron chi connectivity index (χ0n) is 15.6. The predicted octanol–water partition coefficient (Wildman–Crippen LogP) is 2.72. The van der Waals surface area contributed by atoms with Crippen molar-refractivity contribution >= 4 is 33.1 Å². The van der Waals surface area contributed by atoms with Crippen molar-refractivity contribution in [1.29, 1.82) is 0 Å². The zero-order valence-corrected chi connectivity index (χ0v) is 16.5. The molecule has 7 nitrogen and oxygen atoms in total. The molecular weight excluding hydrogens is 378 g/mol. The van der Waals surface area contributed by atoms with Crippen molar-refractivity contribution in [2.24, 2.45) is 0 Å². The van der Waals surface area contributed by atoms with Gasteiger partial charge in [-0.15, -0.1) is 0 Å². The zero-order chi connectivity index (χ0) is 20.1. The van der Waals surface area contributed by atoms with Crippen molar-refractivity contribution in [3.63, 3.8) is 0 Å². The van der Waals surface area contributed by atoms with Crippen LogP contribution in [0.25, 0.3) is 0 Å². The van der Waals surface area contributed by atoms with Crippen molar-refractivity contribution in [1.82, 2.24) is 4.31 Å². The van der Waals surface area contributed by atoms with Crippen LogP contribution in [0.5, 0.6) is 0 Å². The first-order valence-electron chi connectivity index (χ1n) is 9.12. The van der Waals surface area contributed by atoms with Crippen LogP contribution in [0.3, 0.4) is 0 Å². The maximum Gasteiger partial charge on any atom is 0.243 e. The predicted molar refractivity (Wildman–Crippen MR) is 108 cm³/mol. The summed E-state index contributed by atoms with van der Waals surface area (Å²) >= 11 is 0. The normalized spacial score (nSPS) is 14.6. The molecule has 148 valence electrons. The molecule has 1 amide bonds. The summed E-state index contributed by atoms with van der Waals surface area (Å²) in [6, 6.07) is 13.2. The molecule has 0 radical (unpaired) electrons. The molecule has 1 saturated heterocycles. The Kier molecular flexibility index (Phi) is 6.11. The second-order valence-electron chi connectivity index (χ2n) is 6.64. The summed E-state index contributed by atoms with van der Waals surface area (Å²) < 4.78 is 26.8. The second-order valence-corrected chi connectivity index (χ2v) is 8.58. The lowest BCUT2D eigenvalue weighted by molar-refractivity contribution is -0.114. The number of carbonyl (C=O) groups is 2. The summed E-state index contributed by atoms with van der Waals surface area (Å²) in [4.78, 5) is 24.1. The van der Waals surface area contributed by atoms with Crippen LogP contribution >= 0.6 is 0 Å². The fourth-order valence-corrected chi connectivity index (χ4v) is 4.68. The number of nitrogens with zero attached hydrogens (tertiary/aromatic N) is 1. The Balaban J connectivity index is 1.65. The van der Waals surface area contributed by atoms with Crippen LogP contribution in [0.2, 0.25) is 0 Å². The van der Waals surface area contributed by atoms with Gasteiger partial charge in [-0.05, 0) is 50.1 Å². The SMILES string of the molecule is CC(=O)c1ccccc1NC(=O)CNc1cccc(S(=O)(=O)N2CCCC2)c1. The van der Waals surface area contributed by atoms with Gasteiger partial charge in [0.05, 0.1) is 17.1 Å². The molecule has 0 unspecified atom stereocenters. The second kappa shape index (κ2) is 8.53. The number of carbonyl (C=O) groups excluding carboxylic acids is 2. The van der Waals surface area contributed by atoms with Gasteiger partial charge in [-0.3, -0.25) is 9.59 Å². The first-order valence-corrected chi connectivity index (χ1v) is 10.6. The Hall–Kier alpha value is -2.71. The number of hydrogen-bond acceptors (Lipinski definition) is 5. The lowest BCUT2D eigenvalue weighted by Gasteiger charge is -2.16. The first-order chi connectivity index (χ1) is 13.4. The van der Waals surface area contributed by atoms with E-state index in [0.29, 0.717) is 30.0 Å². The van der Waals surface area contributed by atoms with Gasteiger partial charge in [0, 0.05) is 24.3 Å². The fourth-order valence-electron chi connectivity index (χ4n) is 3.12. The van der Waals surface area contributed by atoms with Crippen LogP contribution in [0, 0.1) is 0 Å². The number of ketones is 1. The van der Waals surface area contributed by atoms with E-state index < -0.39 is 10.0 Å². The van der Waals surface area contributed by atoms with E-state index in [1.54, 1.807) is 42.5 Å². The quantitative estimate of drug-likeness (QED) is 0.696. The van der Waals surface area contributed by atoms with Crippen LogP contribution in [-0.4, -0.2) is 44.0 Å². The van der Waals surface area contributed by atoms with E-state index in [9.17, 15) is 18.0 Å². The van der Waals surface area contributed by atoms with Crippen molar-refractivity contribution in [2.45, 2.75) is 24.7 Å². The third kappa shape index (κ3) is 4.58. The fraction of sp³-hybridized carbons (Fsp3) is 0.300. The molecule has 0 aromatic heterocycles. The molecule has 0 spiro atoms. The highest BCUT2D eigenvalue weighted by Crippen LogP contribution is 2.23. The monoisotopic (exact) mass is 401 g/mol. The molecule has 0 aliphatic carbocycles. The van der Waals surface area contributed by atoms with Crippen molar-refractivity contribution in [3.8, 4) is 0 Å². The number of rotatable bonds is 7. The van der Waals surface area contributed by atoms with Gasteiger partial charge in [-0.2, -0.15) is 4.31 Å². The number of benzene rings is 2. The highest BCUT2D eigenvalue weighted by molar-refractivity contribution is 7.89. The maximum atomic E-state index is 12.7. The minimum atomic E-state index is -3.51. The molecule has 1 aliphatic rings. The Morgan fingerprint density at radius 3 is 2.46 bits per heavy atom. The van der Waals surface area contributed by atoms with Crippen LogP contribution in [0.4, 0.5) is 11.4 Å². The summed E-state index contributed by atoms with van der Waals surface area (Å²) in [6.07, 6.45) is 1.75. The average molecular weight is 401 g/mol. The molecule has 0 atom stereocenters. The molecule has 1 fully saturated rings. The largest absolute Gasteiger partial charge is 0.376 e. The highest BCUT2D eigenvalue weighted by Gasteiger charge is 2.27. The maximum absolute atomic E-state index is 12.7. The summed E-state index contributed by atoms with van der Waals surface area (Å²) in [5, 5.41) is 5.64. The van der Waals surface area contributed by atoms with E-state index in [1.165, 1.54) is 17.3 Å². The van der Waals surface area contributed by atoms with E-state index in [1.807, 2.05) is 0 Å². The van der Waals surface area contributed by atoms with Crippen molar-refractivity contribution in [2.75, 3.05) is 30.3 Å². The molecule has 1 heterocycles. The molecule has 3 rings (SSSR count). The van der Waals surface area contributed by atoms with Crippen molar-refractivity contribution < 1.29 is 18.0 Å². The Morgan fingerprint density at radius 1 is 1.04 bits per heavy atom. The molecule has 1 aliphatic heterocycles.